The van der Waals surface area contributed by atoms with Crippen LogP contribution in [0.1, 0.15) is 37.3 Å². The lowest BCUT2D eigenvalue weighted by atomic mass is 9.49. The van der Waals surface area contributed by atoms with Crippen molar-refractivity contribution in [1.29, 1.82) is 0 Å². The molecule has 1 aromatic rings. The molecule has 2 fully saturated rings. The number of benzene rings is 1. The summed E-state index contributed by atoms with van der Waals surface area (Å²) < 4.78 is 11.6. The summed E-state index contributed by atoms with van der Waals surface area (Å²) in [6.45, 7) is 1.95. The molecule has 1 saturated heterocycles. The molecule has 0 radical (unpaired) electrons. The van der Waals surface area contributed by atoms with Crippen LogP contribution < -0.4 is 9.47 Å². The number of Topliss-reactive ketones (excluding diaryl/α,β-unsaturated/α-hetero) is 1. The fraction of sp³-hybridized carbons (Fsp3) is 0.600. The van der Waals surface area contributed by atoms with E-state index >= 15 is 0 Å². The Balaban J connectivity index is 0.000000413. The van der Waals surface area contributed by atoms with Gasteiger partial charge >= 0.3 is 0 Å². The molecule has 1 spiro atoms. The largest absolute Gasteiger partial charge is 0.493 e. The van der Waals surface area contributed by atoms with Crippen LogP contribution in [0.15, 0.2) is 12.1 Å². The van der Waals surface area contributed by atoms with Crippen LogP contribution in [0.3, 0.4) is 0 Å². The Morgan fingerprint density at radius 1 is 1.37 bits per heavy atom. The molecule has 0 unspecified atom stereocenters. The summed E-state index contributed by atoms with van der Waals surface area (Å²) in [6, 6.07) is 4.05. The van der Waals surface area contributed by atoms with Crippen molar-refractivity contribution in [1.82, 2.24) is 4.90 Å². The normalized spacial score (nSPS) is 35.5. The number of carboxylic acid groups (broad SMARTS) is 1. The van der Waals surface area contributed by atoms with Crippen LogP contribution >= 0.6 is 0 Å². The van der Waals surface area contributed by atoms with Gasteiger partial charge < -0.3 is 24.6 Å². The van der Waals surface area contributed by atoms with Gasteiger partial charge in [-0.1, -0.05) is 6.07 Å². The van der Waals surface area contributed by atoms with Crippen LogP contribution in [0.2, 0.25) is 0 Å². The van der Waals surface area contributed by atoms with E-state index in [0.29, 0.717) is 24.3 Å². The summed E-state index contributed by atoms with van der Waals surface area (Å²) in [5.41, 5.74) is 0.737. The van der Waals surface area contributed by atoms with Gasteiger partial charge in [0.15, 0.2) is 23.4 Å². The summed E-state index contributed by atoms with van der Waals surface area (Å²) in [5.74, 6) is 0.635. The molecule has 1 aromatic carbocycles. The maximum Gasteiger partial charge on any atom is 0.300 e. The Labute approximate surface area is 157 Å². The fourth-order valence-electron chi connectivity index (χ4n) is 5.69. The quantitative estimate of drug-likeness (QED) is 0.760. The zero-order chi connectivity index (χ0) is 19.6. The average molecular weight is 375 g/mol. The summed E-state index contributed by atoms with van der Waals surface area (Å²) in [7, 11) is 3.70. The molecular formula is C20H25NO6. The third kappa shape index (κ3) is 2.21. The Bertz CT molecular complexity index is 819. The standard InChI is InChI=1S/C18H21NO4.C2H4O2/c1-19-8-7-17-14-10-3-4-12(22-2)15(14)23-16(17)11(20)5-6-18(17,21)13(19)9-10;1-2(3)4/h3-4,13,16,21H,5-9H2,1-2H3;1H3,(H,3,4)/t13-,16+,17+,18-;/m1./s1. The molecule has 4 aliphatic rings. The number of methoxy groups -OCH3 is 1. The number of carbonyl (C=O) groups excluding carboxylic acids is 1. The van der Waals surface area contributed by atoms with E-state index in [0.717, 1.165) is 31.9 Å². The molecule has 5 rings (SSSR count). The SMILES string of the molecule is CC(=O)O.COc1ccc2c3c1O[C@H]1C(=O)CC[C@@]4(O)[C@@H](C2)N(C)CC[C@]314. The second-order valence-electron chi connectivity index (χ2n) is 7.96. The van der Waals surface area contributed by atoms with Crippen LogP contribution in [0.5, 0.6) is 11.5 Å². The third-order valence-corrected chi connectivity index (χ3v) is 6.73. The van der Waals surface area contributed by atoms with E-state index in [9.17, 15) is 9.90 Å². The third-order valence-electron chi connectivity index (χ3n) is 6.73. The van der Waals surface area contributed by atoms with E-state index in [2.05, 4.69) is 18.0 Å². The lowest BCUT2D eigenvalue weighted by Gasteiger charge is -2.62. The summed E-state index contributed by atoms with van der Waals surface area (Å²) >= 11 is 0. The van der Waals surface area contributed by atoms with E-state index in [1.807, 2.05) is 6.07 Å². The van der Waals surface area contributed by atoms with Gasteiger partial charge in [-0.3, -0.25) is 9.59 Å². The predicted molar refractivity (Wildman–Crippen MR) is 96.3 cm³/mol. The molecule has 2 bridgehead atoms. The minimum absolute atomic E-state index is 0.0438. The fourth-order valence-corrected chi connectivity index (χ4v) is 5.69. The molecule has 0 aromatic heterocycles. The zero-order valence-corrected chi connectivity index (χ0v) is 15.8. The molecule has 146 valence electrons. The van der Waals surface area contributed by atoms with Crippen molar-refractivity contribution in [2.75, 3.05) is 20.7 Å². The Hall–Kier alpha value is -2.12. The van der Waals surface area contributed by atoms with Crippen LogP contribution in [0.4, 0.5) is 0 Å². The Morgan fingerprint density at radius 2 is 2.07 bits per heavy atom. The van der Waals surface area contributed by atoms with Crippen LogP contribution in [0, 0.1) is 0 Å². The van der Waals surface area contributed by atoms with E-state index in [1.54, 1.807) is 7.11 Å². The van der Waals surface area contributed by atoms with Gasteiger partial charge in [-0.25, -0.2) is 0 Å². The van der Waals surface area contributed by atoms with Crippen molar-refractivity contribution in [2.45, 2.75) is 55.8 Å². The number of nitrogens with zero attached hydrogens (tertiary/aromatic N) is 1. The average Bonchev–Trinajstić information content (AvgIpc) is 2.96. The maximum atomic E-state index is 12.7. The van der Waals surface area contributed by atoms with Gasteiger partial charge in [-0.15, -0.1) is 0 Å². The number of likely N-dealkylation sites (tertiary alicyclic amines) is 1. The number of piperidine rings is 1. The second-order valence-corrected chi connectivity index (χ2v) is 7.96. The maximum absolute atomic E-state index is 12.7. The first-order valence-corrected chi connectivity index (χ1v) is 9.28. The van der Waals surface area contributed by atoms with E-state index < -0.39 is 23.1 Å². The highest BCUT2D eigenvalue weighted by Crippen LogP contribution is 2.64. The number of hydrogen-bond acceptors (Lipinski definition) is 6. The number of ether oxygens (including phenoxy) is 2. The van der Waals surface area contributed by atoms with Gasteiger partial charge in [-0.05, 0) is 44.5 Å². The molecular weight excluding hydrogens is 350 g/mol. The van der Waals surface area contributed by atoms with Crippen molar-refractivity contribution in [2.24, 2.45) is 0 Å². The van der Waals surface area contributed by atoms with E-state index in [4.69, 9.17) is 19.4 Å². The van der Waals surface area contributed by atoms with Gasteiger partial charge in [0.1, 0.15) is 0 Å². The molecule has 2 aliphatic heterocycles. The first-order chi connectivity index (χ1) is 12.8. The van der Waals surface area contributed by atoms with Crippen LogP contribution in [-0.4, -0.2) is 65.3 Å². The number of aliphatic carboxylic acids is 1. The highest BCUT2D eigenvalue weighted by atomic mass is 16.5. The number of hydrogen-bond donors (Lipinski definition) is 2. The minimum Gasteiger partial charge on any atom is -0.493 e. The monoisotopic (exact) mass is 375 g/mol. The van der Waals surface area contributed by atoms with Gasteiger partial charge in [0.05, 0.1) is 18.1 Å². The molecule has 7 nitrogen and oxygen atoms in total. The summed E-state index contributed by atoms with van der Waals surface area (Å²) in [4.78, 5) is 23.9. The van der Waals surface area contributed by atoms with Gasteiger partial charge in [0, 0.05) is 24.9 Å². The van der Waals surface area contributed by atoms with Gasteiger partial charge in [0.2, 0.25) is 0 Å². The molecule has 2 N–H and O–H groups in total. The number of ketones is 1. The van der Waals surface area contributed by atoms with Gasteiger partial charge in [0.25, 0.3) is 5.97 Å². The Morgan fingerprint density at radius 3 is 2.74 bits per heavy atom. The van der Waals surface area contributed by atoms with E-state index in [1.165, 1.54) is 5.56 Å². The van der Waals surface area contributed by atoms with Crippen molar-refractivity contribution < 1.29 is 29.3 Å². The summed E-state index contributed by atoms with van der Waals surface area (Å²) in [6.07, 6.45) is 1.89. The second kappa shape index (κ2) is 5.94. The lowest BCUT2D eigenvalue weighted by Crippen LogP contribution is -2.76. The van der Waals surface area contributed by atoms with Crippen molar-refractivity contribution in [3.8, 4) is 11.5 Å². The molecule has 2 heterocycles. The van der Waals surface area contributed by atoms with Crippen molar-refractivity contribution in [3.05, 3.63) is 23.3 Å². The molecule has 7 heteroatoms. The van der Waals surface area contributed by atoms with Gasteiger partial charge in [-0.2, -0.15) is 0 Å². The predicted octanol–water partition coefficient (Wildman–Crippen LogP) is 1.14. The lowest BCUT2D eigenvalue weighted by molar-refractivity contribution is -0.185. The first kappa shape index (κ1) is 18.3. The van der Waals surface area contributed by atoms with E-state index in [-0.39, 0.29) is 11.8 Å². The molecule has 2 aliphatic carbocycles. The minimum atomic E-state index is -0.900. The van der Waals surface area contributed by atoms with Crippen molar-refractivity contribution in [3.63, 3.8) is 0 Å². The molecule has 4 atom stereocenters. The molecule has 0 amide bonds. The number of carbonyl (C=O) groups is 2. The number of aliphatic hydroxyl groups is 1. The highest BCUT2D eigenvalue weighted by Gasteiger charge is 2.72. The highest BCUT2D eigenvalue weighted by molar-refractivity contribution is 5.90. The Kier molecular flexibility index (Phi) is 4.01. The number of carboxylic acids is 1. The molecule has 1 saturated carbocycles. The van der Waals surface area contributed by atoms with Crippen molar-refractivity contribution >= 4 is 11.8 Å². The number of likely N-dealkylation sites (N-methyl/N-ethyl adjacent to an activating group) is 1. The zero-order valence-electron chi connectivity index (χ0n) is 15.8. The molecule has 27 heavy (non-hydrogen) atoms. The van der Waals surface area contributed by atoms with Crippen LogP contribution in [-0.2, 0) is 21.4 Å². The summed E-state index contributed by atoms with van der Waals surface area (Å²) in [5, 5.41) is 19.2. The topological polar surface area (TPSA) is 96.3 Å². The smallest absolute Gasteiger partial charge is 0.300 e. The number of rotatable bonds is 1. The first-order valence-electron chi connectivity index (χ1n) is 9.28. The van der Waals surface area contributed by atoms with Crippen LogP contribution in [0.25, 0.3) is 0 Å².